The zero-order valence-corrected chi connectivity index (χ0v) is 11.4. The molecule has 1 saturated heterocycles. The van der Waals surface area contributed by atoms with Crippen LogP contribution in [0.1, 0.15) is 59.3 Å². The molecule has 98 valence electrons. The third-order valence-electron chi connectivity index (χ3n) is 3.97. The smallest absolute Gasteiger partial charge is 0.237 e. The van der Waals surface area contributed by atoms with Crippen molar-refractivity contribution in [3.05, 3.63) is 0 Å². The van der Waals surface area contributed by atoms with Crippen molar-refractivity contribution < 1.29 is 4.79 Å². The lowest BCUT2D eigenvalue weighted by Gasteiger charge is -2.40. The fourth-order valence-corrected chi connectivity index (χ4v) is 3.16. The van der Waals surface area contributed by atoms with Gasteiger partial charge in [0, 0.05) is 11.6 Å². The molecule has 0 aromatic rings. The van der Waals surface area contributed by atoms with Crippen LogP contribution in [0.25, 0.3) is 0 Å². The van der Waals surface area contributed by atoms with E-state index in [-0.39, 0.29) is 17.5 Å². The van der Waals surface area contributed by atoms with E-state index in [9.17, 15) is 4.79 Å². The van der Waals surface area contributed by atoms with Crippen molar-refractivity contribution in [3.63, 3.8) is 0 Å². The van der Waals surface area contributed by atoms with Crippen molar-refractivity contribution >= 4 is 5.91 Å². The zero-order chi connectivity index (χ0) is 12.5. The summed E-state index contributed by atoms with van der Waals surface area (Å²) in [5.74, 6) is 1.00. The third-order valence-corrected chi connectivity index (χ3v) is 3.97. The van der Waals surface area contributed by atoms with Gasteiger partial charge in [-0.05, 0) is 52.4 Å². The minimum Gasteiger partial charge on any atom is -0.350 e. The van der Waals surface area contributed by atoms with E-state index in [1.807, 2.05) is 20.8 Å². The van der Waals surface area contributed by atoms with Gasteiger partial charge in [0.05, 0.1) is 6.04 Å². The molecule has 3 nitrogen and oxygen atoms in total. The van der Waals surface area contributed by atoms with Crippen molar-refractivity contribution in [3.8, 4) is 0 Å². The largest absolute Gasteiger partial charge is 0.350 e. The first-order valence-electron chi connectivity index (χ1n) is 7.04. The van der Waals surface area contributed by atoms with Gasteiger partial charge in [-0.1, -0.05) is 12.8 Å². The summed E-state index contributed by atoms with van der Waals surface area (Å²) in [6.07, 6.45) is 7.53. The van der Waals surface area contributed by atoms with E-state index in [1.54, 1.807) is 0 Å². The molecule has 1 saturated carbocycles. The van der Waals surface area contributed by atoms with Crippen LogP contribution in [0.5, 0.6) is 0 Å². The Morgan fingerprint density at radius 1 is 1.12 bits per heavy atom. The Morgan fingerprint density at radius 2 is 1.82 bits per heavy atom. The lowest BCUT2D eigenvalue weighted by Crippen LogP contribution is -2.57. The minimum atomic E-state index is -0.123. The SMILES string of the molecule is CC(C)(C)NC(=O)[C@H]1CC[C@H]2CCCC[C@H]2N1. The van der Waals surface area contributed by atoms with Crippen LogP contribution in [0, 0.1) is 5.92 Å². The maximum Gasteiger partial charge on any atom is 0.237 e. The topological polar surface area (TPSA) is 41.1 Å². The van der Waals surface area contributed by atoms with Crippen LogP contribution in [-0.2, 0) is 4.79 Å². The Bertz CT molecular complexity index is 282. The first-order chi connectivity index (χ1) is 7.96. The van der Waals surface area contributed by atoms with E-state index in [0.29, 0.717) is 6.04 Å². The number of piperidine rings is 1. The second-order valence-corrected chi connectivity index (χ2v) is 6.69. The van der Waals surface area contributed by atoms with Crippen molar-refractivity contribution in [1.82, 2.24) is 10.6 Å². The Hall–Kier alpha value is -0.570. The molecule has 1 heterocycles. The van der Waals surface area contributed by atoms with Crippen LogP contribution in [0.3, 0.4) is 0 Å². The van der Waals surface area contributed by atoms with Gasteiger partial charge < -0.3 is 10.6 Å². The maximum atomic E-state index is 12.1. The lowest BCUT2D eigenvalue weighted by molar-refractivity contribution is -0.125. The van der Waals surface area contributed by atoms with Crippen LogP contribution >= 0.6 is 0 Å². The summed E-state index contributed by atoms with van der Waals surface area (Å²) < 4.78 is 0. The second-order valence-electron chi connectivity index (χ2n) is 6.69. The third kappa shape index (κ3) is 3.44. The molecule has 2 N–H and O–H groups in total. The fraction of sp³-hybridized carbons (Fsp3) is 0.929. The van der Waals surface area contributed by atoms with E-state index in [2.05, 4.69) is 10.6 Å². The highest BCUT2D eigenvalue weighted by Gasteiger charge is 2.35. The average molecular weight is 238 g/mol. The average Bonchev–Trinajstić information content (AvgIpc) is 2.26. The number of carbonyl (C=O) groups is 1. The highest BCUT2D eigenvalue weighted by Crippen LogP contribution is 2.32. The summed E-state index contributed by atoms with van der Waals surface area (Å²) in [6.45, 7) is 6.12. The Kier molecular flexibility index (Phi) is 3.76. The molecular formula is C14H26N2O. The molecule has 0 aromatic carbocycles. The number of hydrogen-bond donors (Lipinski definition) is 2. The first-order valence-corrected chi connectivity index (χ1v) is 7.04. The van der Waals surface area contributed by atoms with Gasteiger partial charge in [-0.15, -0.1) is 0 Å². The summed E-state index contributed by atoms with van der Waals surface area (Å²) in [7, 11) is 0. The van der Waals surface area contributed by atoms with Gasteiger partial charge >= 0.3 is 0 Å². The minimum absolute atomic E-state index is 0.0357. The molecule has 1 aliphatic heterocycles. The van der Waals surface area contributed by atoms with Gasteiger partial charge in [0.1, 0.15) is 0 Å². The molecule has 0 spiro atoms. The normalized spacial score (nSPS) is 33.9. The van der Waals surface area contributed by atoms with Crippen LogP contribution in [0.4, 0.5) is 0 Å². The molecule has 0 aromatic heterocycles. The van der Waals surface area contributed by atoms with Crippen LogP contribution in [-0.4, -0.2) is 23.5 Å². The summed E-state index contributed by atoms with van der Waals surface area (Å²) in [6, 6.07) is 0.627. The molecule has 0 bridgehead atoms. The molecule has 1 aliphatic carbocycles. The van der Waals surface area contributed by atoms with Crippen molar-refractivity contribution in [2.75, 3.05) is 0 Å². The molecule has 1 amide bonds. The quantitative estimate of drug-likeness (QED) is 0.735. The molecule has 3 atom stereocenters. The molecular weight excluding hydrogens is 212 g/mol. The standard InChI is InChI=1S/C14H26N2O/c1-14(2,3)16-13(17)12-9-8-10-6-4-5-7-11(10)15-12/h10-12,15H,4-9H2,1-3H3,(H,16,17)/t10-,11-,12-/m1/s1. The van der Waals surface area contributed by atoms with Crippen LogP contribution < -0.4 is 10.6 Å². The number of fused-ring (bicyclic) bond motifs is 1. The van der Waals surface area contributed by atoms with E-state index in [1.165, 1.54) is 32.1 Å². The Balaban J connectivity index is 1.89. The van der Waals surface area contributed by atoms with Crippen molar-refractivity contribution in [2.45, 2.75) is 76.9 Å². The summed E-state index contributed by atoms with van der Waals surface area (Å²) in [4.78, 5) is 12.1. The predicted molar refractivity (Wildman–Crippen MR) is 69.8 cm³/mol. The van der Waals surface area contributed by atoms with E-state index in [4.69, 9.17) is 0 Å². The molecule has 3 heteroatoms. The maximum absolute atomic E-state index is 12.1. The van der Waals surface area contributed by atoms with Gasteiger partial charge in [-0.25, -0.2) is 0 Å². The Labute approximate surface area is 105 Å². The highest BCUT2D eigenvalue weighted by atomic mass is 16.2. The summed E-state index contributed by atoms with van der Waals surface area (Å²) >= 11 is 0. The van der Waals surface area contributed by atoms with E-state index in [0.717, 1.165) is 12.3 Å². The molecule has 2 fully saturated rings. The number of nitrogens with one attached hydrogen (secondary N) is 2. The van der Waals surface area contributed by atoms with Gasteiger partial charge in [-0.3, -0.25) is 4.79 Å². The number of rotatable bonds is 1. The lowest BCUT2D eigenvalue weighted by atomic mass is 9.77. The summed E-state index contributed by atoms with van der Waals surface area (Å²) in [5.41, 5.74) is -0.123. The van der Waals surface area contributed by atoms with Crippen molar-refractivity contribution in [1.29, 1.82) is 0 Å². The Morgan fingerprint density at radius 3 is 2.53 bits per heavy atom. The van der Waals surface area contributed by atoms with Gasteiger partial charge in [0.25, 0.3) is 0 Å². The fourth-order valence-electron chi connectivity index (χ4n) is 3.16. The molecule has 0 unspecified atom stereocenters. The molecule has 0 radical (unpaired) electrons. The van der Waals surface area contributed by atoms with Gasteiger partial charge in [0.15, 0.2) is 0 Å². The number of amides is 1. The van der Waals surface area contributed by atoms with E-state index < -0.39 is 0 Å². The molecule has 17 heavy (non-hydrogen) atoms. The zero-order valence-electron chi connectivity index (χ0n) is 11.4. The van der Waals surface area contributed by atoms with Crippen LogP contribution in [0.15, 0.2) is 0 Å². The number of carbonyl (C=O) groups excluding carboxylic acids is 1. The molecule has 2 rings (SSSR count). The monoisotopic (exact) mass is 238 g/mol. The number of hydrogen-bond acceptors (Lipinski definition) is 2. The second kappa shape index (κ2) is 4.97. The predicted octanol–water partition coefficient (Wildman–Crippen LogP) is 2.21. The van der Waals surface area contributed by atoms with Crippen molar-refractivity contribution in [2.24, 2.45) is 5.92 Å². The summed E-state index contributed by atoms with van der Waals surface area (Å²) in [5, 5.41) is 6.65. The van der Waals surface area contributed by atoms with Crippen LogP contribution in [0.2, 0.25) is 0 Å². The van der Waals surface area contributed by atoms with Gasteiger partial charge in [-0.2, -0.15) is 0 Å². The van der Waals surface area contributed by atoms with E-state index >= 15 is 0 Å². The first kappa shape index (κ1) is 12.9. The van der Waals surface area contributed by atoms with Gasteiger partial charge in [0.2, 0.25) is 5.91 Å². The highest BCUT2D eigenvalue weighted by molar-refractivity contribution is 5.82. The molecule has 2 aliphatic rings.